The predicted octanol–water partition coefficient (Wildman–Crippen LogP) is 0.644. The van der Waals surface area contributed by atoms with Crippen LogP contribution >= 0.6 is 0 Å². The van der Waals surface area contributed by atoms with E-state index in [1.165, 1.54) is 10.8 Å². The van der Waals surface area contributed by atoms with Gasteiger partial charge in [-0.05, 0) is 18.6 Å². The molecule has 2 aromatic rings. The van der Waals surface area contributed by atoms with E-state index in [4.69, 9.17) is 25.1 Å². The van der Waals surface area contributed by atoms with Crippen LogP contribution in [0.2, 0.25) is 0 Å². The van der Waals surface area contributed by atoms with Gasteiger partial charge in [-0.2, -0.15) is 10.4 Å². The lowest BCUT2D eigenvalue weighted by molar-refractivity contribution is -0.159. The molecule has 27 heavy (non-hydrogen) atoms. The van der Waals surface area contributed by atoms with Crippen LogP contribution in [0.25, 0.3) is 5.52 Å². The van der Waals surface area contributed by atoms with Crippen LogP contribution in [-0.2, 0) is 24.5 Å². The largest absolute Gasteiger partial charge is 0.505 e. The molecule has 2 aromatic heterocycles. The highest BCUT2D eigenvalue weighted by Gasteiger charge is 2.63. The topological polar surface area (TPSA) is 154 Å². The van der Waals surface area contributed by atoms with Gasteiger partial charge in [0.15, 0.2) is 12.1 Å². The Morgan fingerprint density at radius 2 is 2.33 bits per heavy atom. The molecule has 11 heteroatoms. The number of ether oxygens (including phenoxy) is 4. The van der Waals surface area contributed by atoms with Crippen molar-refractivity contribution >= 4 is 17.5 Å². The Balaban J connectivity index is 1.79. The molecule has 11 nitrogen and oxygen atoms in total. The Labute approximate surface area is 153 Å². The SMILES string of the molecule is CCC1O[C@H]2[C@@H](O1)[C@](C#N)(c1ccc3c(N)ncnn13)O[C@@H]2COC(=O)O. The van der Waals surface area contributed by atoms with Crippen molar-refractivity contribution in [3.05, 3.63) is 24.2 Å². The fourth-order valence-corrected chi connectivity index (χ4v) is 3.56. The van der Waals surface area contributed by atoms with Crippen molar-refractivity contribution in [3.8, 4) is 6.07 Å². The molecule has 4 heterocycles. The lowest BCUT2D eigenvalue weighted by Gasteiger charge is -2.26. The molecule has 3 N–H and O–H groups in total. The summed E-state index contributed by atoms with van der Waals surface area (Å²) in [5.41, 5.74) is 5.20. The van der Waals surface area contributed by atoms with Crippen LogP contribution in [0.5, 0.6) is 0 Å². The fourth-order valence-electron chi connectivity index (χ4n) is 3.56. The zero-order valence-electron chi connectivity index (χ0n) is 14.3. The van der Waals surface area contributed by atoms with E-state index in [1.807, 2.05) is 6.92 Å². The van der Waals surface area contributed by atoms with E-state index in [0.29, 0.717) is 17.6 Å². The molecule has 2 aliphatic heterocycles. The van der Waals surface area contributed by atoms with E-state index in [9.17, 15) is 10.1 Å². The van der Waals surface area contributed by atoms with Crippen LogP contribution in [-0.4, -0.2) is 57.1 Å². The van der Waals surface area contributed by atoms with Crippen molar-refractivity contribution in [2.75, 3.05) is 12.3 Å². The van der Waals surface area contributed by atoms with Gasteiger partial charge in [0.25, 0.3) is 0 Å². The highest BCUT2D eigenvalue weighted by Crippen LogP contribution is 2.47. The van der Waals surface area contributed by atoms with Crippen molar-refractivity contribution in [3.63, 3.8) is 0 Å². The van der Waals surface area contributed by atoms with Gasteiger partial charge in [-0.1, -0.05) is 6.92 Å². The van der Waals surface area contributed by atoms with Crippen molar-refractivity contribution in [1.82, 2.24) is 14.6 Å². The molecule has 2 saturated heterocycles. The van der Waals surface area contributed by atoms with Crippen LogP contribution in [0.3, 0.4) is 0 Å². The number of nitrogen functional groups attached to an aromatic ring is 1. The zero-order chi connectivity index (χ0) is 19.2. The molecule has 2 aliphatic rings. The number of hydrogen-bond acceptors (Lipinski definition) is 9. The van der Waals surface area contributed by atoms with Gasteiger partial charge in [-0.25, -0.2) is 14.3 Å². The maximum absolute atomic E-state index is 10.8. The smallest absolute Gasteiger partial charge is 0.450 e. The molecule has 0 aliphatic carbocycles. The van der Waals surface area contributed by atoms with E-state index < -0.39 is 36.4 Å². The number of aromatic nitrogens is 3. The minimum absolute atomic E-state index is 0.250. The quantitative estimate of drug-likeness (QED) is 0.727. The number of nitriles is 1. The Morgan fingerprint density at radius 3 is 3.04 bits per heavy atom. The summed E-state index contributed by atoms with van der Waals surface area (Å²) in [6.07, 6.45) is -2.41. The first-order chi connectivity index (χ1) is 13.0. The van der Waals surface area contributed by atoms with Crippen LogP contribution in [0, 0.1) is 11.3 Å². The standard InChI is InChI=1S/C16H17N5O6/c1-2-11-25-12-9(5-24-15(22)23)27-16(6-17,13(12)26-11)10-4-3-8-14(18)19-7-20-21(8)10/h3-4,7,9,11-13H,2,5H2,1H3,(H,22,23)(H2,18,19,20)/t9-,11?,12-,13-,16+/m1/s1. The van der Waals surface area contributed by atoms with E-state index in [1.54, 1.807) is 12.1 Å². The number of nitrogens with zero attached hydrogens (tertiary/aromatic N) is 4. The summed E-state index contributed by atoms with van der Waals surface area (Å²) in [6.45, 7) is 1.59. The molecular formula is C16H17N5O6. The first kappa shape index (κ1) is 17.5. The number of carboxylic acid groups (broad SMARTS) is 1. The average Bonchev–Trinajstić information content (AvgIpc) is 3.33. The zero-order valence-corrected chi connectivity index (χ0v) is 14.3. The minimum Gasteiger partial charge on any atom is -0.450 e. The molecule has 1 unspecified atom stereocenters. The third-order valence-electron chi connectivity index (χ3n) is 4.74. The number of hydrogen-bond donors (Lipinski definition) is 2. The highest BCUT2D eigenvalue weighted by molar-refractivity contribution is 5.66. The number of fused-ring (bicyclic) bond motifs is 2. The van der Waals surface area contributed by atoms with E-state index >= 15 is 0 Å². The van der Waals surface area contributed by atoms with Crippen LogP contribution in [0.1, 0.15) is 19.0 Å². The van der Waals surface area contributed by atoms with E-state index in [2.05, 4.69) is 20.9 Å². The first-order valence-electron chi connectivity index (χ1n) is 8.34. The van der Waals surface area contributed by atoms with Gasteiger partial charge in [0.1, 0.15) is 42.8 Å². The summed E-state index contributed by atoms with van der Waals surface area (Å²) >= 11 is 0. The monoisotopic (exact) mass is 375 g/mol. The summed E-state index contributed by atoms with van der Waals surface area (Å²) in [5, 5.41) is 23.0. The molecule has 4 rings (SSSR count). The molecule has 2 fully saturated rings. The summed E-state index contributed by atoms with van der Waals surface area (Å²) < 4.78 is 23.9. The molecule has 0 saturated carbocycles. The third kappa shape index (κ3) is 2.57. The Morgan fingerprint density at radius 1 is 1.52 bits per heavy atom. The maximum Gasteiger partial charge on any atom is 0.505 e. The van der Waals surface area contributed by atoms with Gasteiger partial charge < -0.3 is 29.8 Å². The van der Waals surface area contributed by atoms with Gasteiger partial charge in [0, 0.05) is 0 Å². The van der Waals surface area contributed by atoms with Crippen LogP contribution < -0.4 is 5.73 Å². The number of anilines is 1. The fraction of sp³-hybridized carbons (Fsp3) is 0.500. The Kier molecular flexibility index (Phi) is 4.11. The van der Waals surface area contributed by atoms with Gasteiger partial charge >= 0.3 is 6.16 Å². The summed E-state index contributed by atoms with van der Waals surface area (Å²) in [7, 11) is 0. The lowest BCUT2D eigenvalue weighted by Crippen LogP contribution is -2.40. The van der Waals surface area contributed by atoms with Gasteiger partial charge in [-0.3, -0.25) is 0 Å². The van der Waals surface area contributed by atoms with Crippen molar-refractivity contribution in [1.29, 1.82) is 5.26 Å². The normalized spacial score (nSPS) is 32.3. The predicted molar refractivity (Wildman–Crippen MR) is 87.4 cm³/mol. The van der Waals surface area contributed by atoms with Gasteiger partial charge in [-0.15, -0.1) is 0 Å². The molecule has 0 amide bonds. The van der Waals surface area contributed by atoms with Crippen molar-refractivity contribution in [2.45, 2.75) is 43.5 Å². The van der Waals surface area contributed by atoms with E-state index in [0.717, 1.165) is 0 Å². The molecule has 142 valence electrons. The molecular weight excluding hydrogens is 358 g/mol. The second-order valence-electron chi connectivity index (χ2n) is 6.24. The molecule has 0 bridgehead atoms. The lowest BCUT2D eigenvalue weighted by atomic mass is 9.92. The second kappa shape index (κ2) is 6.34. The minimum atomic E-state index is -1.58. The number of rotatable bonds is 4. The van der Waals surface area contributed by atoms with Crippen molar-refractivity contribution < 1.29 is 28.8 Å². The molecule has 5 atom stereocenters. The van der Waals surface area contributed by atoms with Gasteiger partial charge in [0.2, 0.25) is 5.60 Å². The Bertz CT molecular complexity index is 926. The molecule has 0 aromatic carbocycles. The van der Waals surface area contributed by atoms with Crippen LogP contribution in [0.4, 0.5) is 10.6 Å². The Hall–Kier alpha value is -2.94. The third-order valence-corrected chi connectivity index (χ3v) is 4.74. The van der Waals surface area contributed by atoms with Crippen molar-refractivity contribution in [2.24, 2.45) is 0 Å². The summed E-state index contributed by atoms with van der Waals surface area (Å²) in [6, 6.07) is 5.51. The van der Waals surface area contributed by atoms with Crippen LogP contribution in [0.15, 0.2) is 18.5 Å². The number of carbonyl (C=O) groups is 1. The summed E-state index contributed by atoms with van der Waals surface area (Å²) in [5.74, 6) is 0.250. The molecule has 0 spiro atoms. The second-order valence-corrected chi connectivity index (χ2v) is 6.24. The maximum atomic E-state index is 10.8. The first-order valence-corrected chi connectivity index (χ1v) is 8.34. The average molecular weight is 375 g/mol. The number of nitrogens with two attached hydrogens (primary N) is 1. The van der Waals surface area contributed by atoms with Gasteiger partial charge in [0.05, 0.1) is 5.69 Å². The van der Waals surface area contributed by atoms with E-state index in [-0.39, 0.29) is 12.4 Å². The molecule has 0 radical (unpaired) electrons. The highest BCUT2D eigenvalue weighted by atomic mass is 16.8. The summed E-state index contributed by atoms with van der Waals surface area (Å²) in [4.78, 5) is 14.7.